The highest BCUT2D eigenvalue weighted by molar-refractivity contribution is 6.24. The fourth-order valence-electron chi connectivity index (χ4n) is 6.24. The number of carbonyl (C=O) groups is 3. The summed E-state index contributed by atoms with van der Waals surface area (Å²) in [6.07, 6.45) is 0.425. The summed E-state index contributed by atoms with van der Waals surface area (Å²) >= 11 is 0. The van der Waals surface area contributed by atoms with Gasteiger partial charge in [0.2, 0.25) is 5.78 Å². The van der Waals surface area contributed by atoms with Crippen LogP contribution in [0.3, 0.4) is 0 Å². The molecule has 0 saturated carbocycles. The third-order valence-electron chi connectivity index (χ3n) is 7.89. The van der Waals surface area contributed by atoms with Gasteiger partial charge in [0.05, 0.1) is 5.56 Å². The number of nitrogens with zero attached hydrogens (tertiary/aromatic N) is 1. The summed E-state index contributed by atoms with van der Waals surface area (Å²) in [5.41, 5.74) is 5.26. The summed E-state index contributed by atoms with van der Waals surface area (Å²) in [7, 11) is 4.90. The number of fused-ring (bicyclic) bond motifs is 3. The number of nitrogens with two attached hydrogens (primary N) is 1. The monoisotopic (exact) mass is 504 g/mol. The number of anilines is 1. The first-order valence-electron chi connectivity index (χ1n) is 12.0. The molecular weight excluding hydrogens is 476 g/mol. The van der Waals surface area contributed by atoms with Gasteiger partial charge < -0.3 is 30.7 Å². The maximum Gasteiger partial charge on any atom is 0.255 e. The lowest BCUT2D eigenvalue weighted by Gasteiger charge is -2.47. The van der Waals surface area contributed by atoms with E-state index in [1.807, 2.05) is 55.4 Å². The second kappa shape index (κ2) is 8.48. The molecule has 3 aliphatic rings. The first kappa shape index (κ1) is 24.6. The number of carbonyl (C=O) groups excluding carboxylic acids is 3. The molecule has 37 heavy (non-hydrogen) atoms. The molecule has 0 radical (unpaired) electrons. The van der Waals surface area contributed by atoms with Crippen LogP contribution < -0.4 is 10.6 Å². The van der Waals surface area contributed by atoms with Crippen LogP contribution in [0.1, 0.15) is 28.8 Å². The topological polar surface area (TPSA) is 150 Å². The second-order valence-corrected chi connectivity index (χ2v) is 9.99. The molecule has 5 N–H and O–H groups in total. The van der Waals surface area contributed by atoms with Gasteiger partial charge in [0.25, 0.3) is 5.91 Å². The molecule has 0 spiro atoms. The lowest BCUT2D eigenvalue weighted by atomic mass is 9.60. The summed E-state index contributed by atoms with van der Waals surface area (Å²) < 4.78 is 5.57. The smallest absolute Gasteiger partial charge is 0.255 e. The van der Waals surface area contributed by atoms with Gasteiger partial charge in [0, 0.05) is 50.4 Å². The molecule has 9 heteroatoms. The van der Waals surface area contributed by atoms with Gasteiger partial charge in [-0.05, 0) is 36.0 Å². The SMILES string of the molecule is CO[C@@]12C(=O)C(C(N)=O)=C(O)C[C@@H]1C[C@@H]1Cc3c(N(C)C)cc(-c4ccccc4)c(O)c3C(=O)C1=C2O. The number of Topliss-reactive ketones (excluding diaryl/α,β-unsaturated/α-hetero) is 2. The fraction of sp³-hybridized carbons (Fsp3) is 0.321. The number of rotatable bonds is 4. The number of benzene rings is 2. The number of ether oxygens (including phenoxy) is 1. The zero-order chi connectivity index (χ0) is 26.8. The summed E-state index contributed by atoms with van der Waals surface area (Å²) in [6, 6.07) is 11.0. The zero-order valence-electron chi connectivity index (χ0n) is 20.7. The molecule has 3 aliphatic carbocycles. The highest BCUT2D eigenvalue weighted by Gasteiger charge is 2.61. The largest absolute Gasteiger partial charge is 0.511 e. The van der Waals surface area contributed by atoms with Crippen LogP contribution in [0.15, 0.2) is 59.1 Å². The van der Waals surface area contributed by atoms with Crippen LogP contribution in [0, 0.1) is 11.8 Å². The third-order valence-corrected chi connectivity index (χ3v) is 7.89. The molecule has 0 fully saturated rings. The lowest BCUT2D eigenvalue weighted by molar-refractivity contribution is -0.149. The molecule has 0 bridgehead atoms. The zero-order valence-corrected chi connectivity index (χ0v) is 20.7. The van der Waals surface area contributed by atoms with Crippen molar-refractivity contribution in [2.45, 2.75) is 24.9 Å². The van der Waals surface area contributed by atoms with Gasteiger partial charge in [-0.3, -0.25) is 14.4 Å². The van der Waals surface area contributed by atoms with Gasteiger partial charge in [-0.1, -0.05) is 30.3 Å². The number of phenolic OH excluding ortho intramolecular Hbond substituents is 1. The minimum Gasteiger partial charge on any atom is -0.511 e. The van der Waals surface area contributed by atoms with E-state index in [0.717, 1.165) is 5.69 Å². The number of methoxy groups -OCH3 is 1. The van der Waals surface area contributed by atoms with E-state index in [2.05, 4.69) is 0 Å². The molecule has 192 valence electrons. The van der Waals surface area contributed by atoms with Crippen molar-refractivity contribution in [1.82, 2.24) is 0 Å². The van der Waals surface area contributed by atoms with Gasteiger partial charge >= 0.3 is 0 Å². The Morgan fingerprint density at radius 1 is 1.11 bits per heavy atom. The Hall–Kier alpha value is -4.11. The Morgan fingerprint density at radius 3 is 2.38 bits per heavy atom. The highest BCUT2D eigenvalue weighted by Crippen LogP contribution is 2.54. The predicted octanol–water partition coefficient (Wildman–Crippen LogP) is 2.97. The van der Waals surface area contributed by atoms with Crippen LogP contribution in [-0.2, 0) is 20.7 Å². The molecule has 5 rings (SSSR count). The molecule has 2 aromatic carbocycles. The van der Waals surface area contributed by atoms with Crippen molar-refractivity contribution in [2.24, 2.45) is 17.6 Å². The van der Waals surface area contributed by atoms with Crippen LogP contribution >= 0.6 is 0 Å². The predicted molar refractivity (Wildman–Crippen MR) is 135 cm³/mol. The van der Waals surface area contributed by atoms with Crippen LogP contribution in [-0.4, -0.2) is 59.6 Å². The Balaban J connectivity index is 1.75. The number of primary amides is 1. The van der Waals surface area contributed by atoms with Crippen LogP contribution in [0.4, 0.5) is 5.69 Å². The first-order valence-corrected chi connectivity index (χ1v) is 12.0. The summed E-state index contributed by atoms with van der Waals surface area (Å²) in [4.78, 5) is 41.3. The van der Waals surface area contributed by atoms with Gasteiger partial charge in [-0.15, -0.1) is 0 Å². The number of allylic oxidation sites excluding steroid dienone is 2. The standard InChI is InChI=1S/C28H28N2O7/c1-30(2)18-12-16(13-7-5-4-6-8-13)23(32)21-17(18)10-14-9-15-11-19(31)22(27(29)36)26(35)28(15,37-3)25(34)20(14)24(21)33/h4-8,12,14-15,31-32,34H,9-11H2,1-3H3,(H2,29,36)/t14-,15+,28+/m1/s1. The van der Waals surface area contributed by atoms with Crippen molar-refractivity contribution in [3.63, 3.8) is 0 Å². The maximum absolute atomic E-state index is 14.0. The number of aromatic hydroxyl groups is 1. The van der Waals surface area contributed by atoms with Gasteiger partial charge in [-0.25, -0.2) is 0 Å². The van der Waals surface area contributed by atoms with Crippen molar-refractivity contribution >= 4 is 23.2 Å². The van der Waals surface area contributed by atoms with Crippen molar-refractivity contribution in [3.8, 4) is 16.9 Å². The number of aliphatic hydroxyl groups excluding tert-OH is 2. The number of hydrogen-bond acceptors (Lipinski definition) is 8. The van der Waals surface area contributed by atoms with E-state index >= 15 is 0 Å². The van der Waals surface area contributed by atoms with Crippen LogP contribution in [0.2, 0.25) is 0 Å². The summed E-state index contributed by atoms with van der Waals surface area (Å²) in [6.45, 7) is 0. The van der Waals surface area contributed by atoms with Gasteiger partial charge in [0.15, 0.2) is 11.4 Å². The molecule has 0 aliphatic heterocycles. The number of hydrogen-bond donors (Lipinski definition) is 4. The quantitative estimate of drug-likeness (QED) is 0.464. The van der Waals surface area contributed by atoms with Crippen LogP contribution in [0.25, 0.3) is 11.1 Å². The van der Waals surface area contributed by atoms with Gasteiger partial charge in [0.1, 0.15) is 22.8 Å². The van der Waals surface area contributed by atoms with Crippen LogP contribution in [0.5, 0.6) is 5.75 Å². The Kier molecular flexibility index (Phi) is 5.64. The average Bonchev–Trinajstić information content (AvgIpc) is 2.84. The maximum atomic E-state index is 14.0. The minimum atomic E-state index is -2.04. The Bertz CT molecular complexity index is 1420. The minimum absolute atomic E-state index is 0.0330. The number of aliphatic hydroxyl groups is 2. The summed E-state index contributed by atoms with van der Waals surface area (Å²) in [5.74, 6) is -5.21. The van der Waals surface area contributed by atoms with E-state index < -0.39 is 52.0 Å². The van der Waals surface area contributed by atoms with E-state index in [4.69, 9.17) is 10.5 Å². The van der Waals surface area contributed by atoms with Crippen molar-refractivity contribution in [2.75, 3.05) is 26.1 Å². The third kappa shape index (κ3) is 3.30. The number of phenols is 1. The van der Waals surface area contributed by atoms with Crippen molar-refractivity contribution in [3.05, 3.63) is 70.2 Å². The fourth-order valence-corrected chi connectivity index (χ4v) is 6.24. The molecule has 0 heterocycles. The van der Waals surface area contributed by atoms with Crippen molar-refractivity contribution < 1.29 is 34.4 Å². The molecule has 0 aromatic heterocycles. The lowest BCUT2D eigenvalue weighted by Crippen LogP contribution is -2.58. The Labute approximate surface area is 213 Å². The summed E-state index contributed by atoms with van der Waals surface area (Å²) in [5, 5.41) is 33.3. The van der Waals surface area contributed by atoms with Gasteiger partial charge in [-0.2, -0.15) is 0 Å². The number of amides is 1. The normalized spacial score (nSPS) is 24.9. The van der Waals surface area contributed by atoms with E-state index in [-0.39, 0.29) is 29.7 Å². The molecule has 9 nitrogen and oxygen atoms in total. The molecule has 2 aromatic rings. The molecule has 0 saturated heterocycles. The molecule has 0 unspecified atom stereocenters. The van der Waals surface area contributed by atoms with Crippen molar-refractivity contribution in [1.29, 1.82) is 0 Å². The Morgan fingerprint density at radius 2 is 1.78 bits per heavy atom. The molecule has 1 amide bonds. The second-order valence-electron chi connectivity index (χ2n) is 9.99. The van der Waals surface area contributed by atoms with E-state index in [1.54, 1.807) is 0 Å². The van der Waals surface area contributed by atoms with E-state index in [0.29, 0.717) is 23.1 Å². The van der Waals surface area contributed by atoms with E-state index in [1.165, 1.54) is 7.11 Å². The highest BCUT2D eigenvalue weighted by atomic mass is 16.5. The molecular formula is C28H28N2O7. The number of ketones is 2. The van der Waals surface area contributed by atoms with E-state index in [9.17, 15) is 29.7 Å². The molecule has 3 atom stereocenters. The average molecular weight is 505 g/mol. The first-order chi connectivity index (χ1) is 17.5.